The number of nitrogens with one attached hydrogen (secondary N) is 1. The topological polar surface area (TPSA) is 91.2 Å². The number of anilines is 1. The predicted octanol–water partition coefficient (Wildman–Crippen LogP) is 2.31. The van der Waals surface area contributed by atoms with Gasteiger partial charge in [0.2, 0.25) is 0 Å². The van der Waals surface area contributed by atoms with E-state index in [9.17, 15) is 10.1 Å². The van der Waals surface area contributed by atoms with Gasteiger partial charge >= 0.3 is 0 Å². The summed E-state index contributed by atoms with van der Waals surface area (Å²) in [5.74, 6) is 1.61. The molecule has 0 radical (unpaired) electrons. The molecule has 0 unspecified atom stereocenters. The third-order valence-electron chi connectivity index (χ3n) is 4.18. The van der Waals surface area contributed by atoms with Gasteiger partial charge in [-0.25, -0.2) is 4.98 Å². The molecule has 0 atom stereocenters. The number of nitro groups is 1. The summed E-state index contributed by atoms with van der Waals surface area (Å²) in [5.41, 5.74) is 1.54. The summed E-state index contributed by atoms with van der Waals surface area (Å²) in [6.07, 6.45) is 0. The van der Waals surface area contributed by atoms with E-state index in [1.165, 1.54) is 6.07 Å². The molecule has 1 N–H and O–H groups in total. The number of H-pyrrole nitrogens is 1. The van der Waals surface area contributed by atoms with E-state index in [1.807, 2.05) is 6.92 Å². The maximum atomic E-state index is 11.0. The van der Waals surface area contributed by atoms with E-state index in [2.05, 4.69) is 25.0 Å². The molecule has 1 aliphatic heterocycles. The van der Waals surface area contributed by atoms with E-state index < -0.39 is 4.92 Å². The molecule has 0 aliphatic carbocycles. The first-order valence-electron chi connectivity index (χ1n) is 7.74. The van der Waals surface area contributed by atoms with Crippen molar-refractivity contribution in [2.45, 2.75) is 20.4 Å². The number of hydrogen-bond acceptors (Lipinski definition) is 6. The molecule has 9 heteroatoms. The van der Waals surface area contributed by atoms with E-state index in [1.54, 1.807) is 13.0 Å². The smallest absolute Gasteiger partial charge is 0.273 e. The van der Waals surface area contributed by atoms with Gasteiger partial charge < -0.3 is 4.90 Å². The average Bonchev–Trinajstić information content (AvgIpc) is 2.95. The number of nitrogens with zero attached hydrogens (tertiary/aromatic N) is 5. The molecule has 1 fully saturated rings. The Kier molecular flexibility index (Phi) is 4.68. The van der Waals surface area contributed by atoms with E-state index in [-0.39, 0.29) is 5.69 Å². The van der Waals surface area contributed by atoms with Crippen molar-refractivity contribution >= 4 is 23.0 Å². The number of nitro benzene ring substituents is 1. The Labute approximate surface area is 144 Å². The number of rotatable bonds is 4. The lowest BCUT2D eigenvalue weighted by Crippen LogP contribution is -2.46. The van der Waals surface area contributed by atoms with Crippen LogP contribution < -0.4 is 4.90 Å². The lowest BCUT2D eigenvalue weighted by Gasteiger charge is -2.36. The monoisotopic (exact) mass is 350 g/mol. The first kappa shape index (κ1) is 16.7. The fourth-order valence-corrected chi connectivity index (χ4v) is 3.18. The van der Waals surface area contributed by atoms with Crippen LogP contribution in [0, 0.1) is 24.0 Å². The number of halogens is 1. The molecule has 8 nitrogen and oxygen atoms in total. The highest BCUT2D eigenvalue weighted by Crippen LogP contribution is 2.33. The quantitative estimate of drug-likeness (QED) is 0.672. The fraction of sp³-hybridized carbons (Fsp3) is 0.467. The first-order chi connectivity index (χ1) is 11.4. The number of benzene rings is 1. The van der Waals surface area contributed by atoms with Crippen LogP contribution in [-0.4, -0.2) is 51.2 Å². The highest BCUT2D eigenvalue weighted by atomic mass is 35.5. The largest absolute Gasteiger partial charge is 0.368 e. The van der Waals surface area contributed by atoms with Crippen molar-refractivity contribution in [3.05, 3.63) is 44.5 Å². The molecule has 2 aromatic rings. The van der Waals surface area contributed by atoms with Crippen molar-refractivity contribution in [3.8, 4) is 0 Å². The lowest BCUT2D eigenvalue weighted by atomic mass is 10.1. The van der Waals surface area contributed by atoms with Gasteiger partial charge in [0.25, 0.3) is 5.69 Å². The van der Waals surface area contributed by atoms with Gasteiger partial charge in [-0.15, -0.1) is 0 Å². The van der Waals surface area contributed by atoms with E-state index in [0.717, 1.165) is 43.5 Å². The van der Waals surface area contributed by atoms with Crippen LogP contribution in [0.2, 0.25) is 5.02 Å². The zero-order valence-electron chi connectivity index (χ0n) is 13.6. The van der Waals surface area contributed by atoms with E-state index >= 15 is 0 Å². The third kappa shape index (κ3) is 3.49. The van der Waals surface area contributed by atoms with Gasteiger partial charge in [-0.1, -0.05) is 11.6 Å². The van der Waals surface area contributed by atoms with Gasteiger partial charge in [0.1, 0.15) is 5.82 Å². The Morgan fingerprint density at radius 1 is 1.29 bits per heavy atom. The van der Waals surface area contributed by atoms with Crippen LogP contribution in [0.15, 0.2) is 12.1 Å². The SMILES string of the molecule is Cc1nc(CN2CCN(c3cc(C)c([N+](=O)[O-])cc3Cl)CC2)n[nH]1. The highest BCUT2D eigenvalue weighted by molar-refractivity contribution is 6.33. The maximum Gasteiger partial charge on any atom is 0.273 e. The Morgan fingerprint density at radius 3 is 2.58 bits per heavy atom. The van der Waals surface area contributed by atoms with Crippen molar-refractivity contribution < 1.29 is 4.92 Å². The second-order valence-electron chi connectivity index (χ2n) is 5.95. The number of aryl methyl sites for hydroxylation is 2. The zero-order valence-corrected chi connectivity index (χ0v) is 14.4. The van der Waals surface area contributed by atoms with Crippen LogP contribution in [0.4, 0.5) is 11.4 Å². The number of aromatic amines is 1. The third-order valence-corrected chi connectivity index (χ3v) is 4.49. The summed E-state index contributed by atoms with van der Waals surface area (Å²) < 4.78 is 0. The summed E-state index contributed by atoms with van der Waals surface area (Å²) in [5, 5.41) is 18.4. The highest BCUT2D eigenvalue weighted by Gasteiger charge is 2.22. The Morgan fingerprint density at radius 2 is 2.00 bits per heavy atom. The summed E-state index contributed by atoms with van der Waals surface area (Å²) in [6.45, 7) is 7.67. The molecule has 24 heavy (non-hydrogen) atoms. The predicted molar refractivity (Wildman–Crippen MR) is 91.5 cm³/mol. The van der Waals surface area contributed by atoms with Gasteiger partial charge in [0.05, 0.1) is 22.2 Å². The van der Waals surface area contributed by atoms with Crippen LogP contribution in [-0.2, 0) is 6.54 Å². The average molecular weight is 351 g/mol. The van der Waals surface area contributed by atoms with Crippen molar-refractivity contribution in [1.29, 1.82) is 0 Å². The Bertz CT molecular complexity index is 754. The number of aromatic nitrogens is 3. The van der Waals surface area contributed by atoms with E-state index in [4.69, 9.17) is 11.6 Å². The summed E-state index contributed by atoms with van der Waals surface area (Å²) in [6, 6.07) is 3.24. The van der Waals surface area contributed by atoms with E-state index in [0.29, 0.717) is 17.1 Å². The summed E-state index contributed by atoms with van der Waals surface area (Å²) in [7, 11) is 0. The molecule has 0 amide bonds. The van der Waals surface area contributed by atoms with Gasteiger partial charge in [-0.3, -0.25) is 20.1 Å². The molecule has 1 saturated heterocycles. The normalized spacial score (nSPS) is 15.7. The standard InChI is InChI=1S/C15H19ClN6O2/c1-10-7-14(12(16)8-13(10)22(23)24)21-5-3-20(4-6-21)9-15-17-11(2)18-19-15/h7-8H,3-6,9H2,1-2H3,(H,17,18,19). The minimum absolute atomic E-state index is 0.0577. The molecule has 0 spiro atoms. The van der Waals surface area contributed by atoms with Crippen LogP contribution in [0.1, 0.15) is 17.2 Å². The van der Waals surface area contributed by atoms with Crippen LogP contribution >= 0.6 is 11.6 Å². The minimum Gasteiger partial charge on any atom is -0.368 e. The van der Waals surface area contributed by atoms with Gasteiger partial charge in [-0.05, 0) is 19.9 Å². The van der Waals surface area contributed by atoms with Crippen molar-refractivity contribution in [2.75, 3.05) is 31.1 Å². The molecule has 128 valence electrons. The zero-order chi connectivity index (χ0) is 17.3. The minimum atomic E-state index is -0.401. The van der Waals surface area contributed by atoms with Crippen LogP contribution in [0.3, 0.4) is 0 Å². The second-order valence-corrected chi connectivity index (χ2v) is 6.35. The molecule has 3 rings (SSSR count). The molecule has 1 aliphatic rings. The van der Waals surface area contributed by atoms with Gasteiger partial charge in [0, 0.05) is 37.8 Å². The molecule has 0 saturated carbocycles. The first-order valence-corrected chi connectivity index (χ1v) is 8.11. The number of piperazine rings is 1. The van der Waals surface area contributed by atoms with Crippen LogP contribution in [0.5, 0.6) is 0 Å². The Hall–Kier alpha value is -2.19. The summed E-state index contributed by atoms with van der Waals surface area (Å²) >= 11 is 6.26. The number of hydrogen-bond donors (Lipinski definition) is 1. The van der Waals surface area contributed by atoms with Crippen molar-refractivity contribution in [2.24, 2.45) is 0 Å². The molecular formula is C15H19ClN6O2. The molecule has 0 bridgehead atoms. The lowest BCUT2D eigenvalue weighted by molar-refractivity contribution is -0.385. The molecule has 1 aromatic carbocycles. The van der Waals surface area contributed by atoms with Gasteiger partial charge in [0.15, 0.2) is 5.82 Å². The molecule has 2 heterocycles. The Balaban J connectivity index is 1.66. The van der Waals surface area contributed by atoms with Gasteiger partial charge in [-0.2, -0.15) is 5.10 Å². The molecular weight excluding hydrogens is 332 g/mol. The second kappa shape index (κ2) is 6.74. The fourth-order valence-electron chi connectivity index (χ4n) is 2.90. The van der Waals surface area contributed by atoms with Crippen molar-refractivity contribution in [1.82, 2.24) is 20.1 Å². The summed E-state index contributed by atoms with van der Waals surface area (Å²) in [4.78, 5) is 19.4. The molecule has 1 aromatic heterocycles. The van der Waals surface area contributed by atoms with Crippen molar-refractivity contribution in [3.63, 3.8) is 0 Å². The maximum absolute atomic E-state index is 11.0. The van der Waals surface area contributed by atoms with Crippen LogP contribution in [0.25, 0.3) is 0 Å².